The molecule has 0 aromatic heterocycles. The first-order valence-corrected chi connectivity index (χ1v) is 13.0. The smallest absolute Gasteiger partial charge is 0.0763 e. The molecule has 4 aliphatic rings. The molecule has 0 heterocycles. The maximum Gasteiger partial charge on any atom is 0.0763 e. The van der Waals surface area contributed by atoms with Crippen LogP contribution in [0.5, 0.6) is 0 Å². The van der Waals surface area contributed by atoms with E-state index in [9.17, 15) is 25.5 Å². The highest BCUT2D eigenvalue weighted by Gasteiger charge is 2.70. The lowest BCUT2D eigenvalue weighted by Crippen LogP contribution is -2.68. The van der Waals surface area contributed by atoms with Gasteiger partial charge in [0.1, 0.15) is 0 Å². The molecule has 32 heavy (non-hydrogen) atoms. The van der Waals surface area contributed by atoms with Crippen LogP contribution in [0.2, 0.25) is 0 Å². The Morgan fingerprint density at radius 3 is 2.19 bits per heavy atom. The number of rotatable bonds is 4. The van der Waals surface area contributed by atoms with Crippen molar-refractivity contribution < 1.29 is 25.5 Å². The summed E-state index contributed by atoms with van der Waals surface area (Å²) in [6, 6.07) is 0. The molecule has 0 spiro atoms. The van der Waals surface area contributed by atoms with Crippen molar-refractivity contribution >= 4 is 0 Å². The summed E-state index contributed by atoms with van der Waals surface area (Å²) in [6.07, 6.45) is 6.86. The Morgan fingerprint density at radius 2 is 1.53 bits per heavy atom. The molecule has 4 fully saturated rings. The zero-order valence-electron chi connectivity index (χ0n) is 20.6. The maximum atomic E-state index is 12.3. The fourth-order valence-corrected chi connectivity index (χ4v) is 8.98. The van der Waals surface area contributed by atoms with Crippen molar-refractivity contribution in [2.45, 2.75) is 110 Å². The van der Waals surface area contributed by atoms with Gasteiger partial charge in [-0.1, -0.05) is 46.8 Å². The van der Waals surface area contributed by atoms with E-state index in [1.807, 2.05) is 19.9 Å². The molecule has 0 amide bonds. The largest absolute Gasteiger partial charge is 0.393 e. The molecular formula is C27H46O5. The quantitative estimate of drug-likeness (QED) is 0.423. The van der Waals surface area contributed by atoms with E-state index in [-0.39, 0.29) is 52.4 Å². The van der Waals surface area contributed by atoms with Crippen LogP contribution >= 0.6 is 0 Å². The van der Waals surface area contributed by atoms with E-state index in [2.05, 4.69) is 26.8 Å². The summed E-state index contributed by atoms with van der Waals surface area (Å²) in [5, 5.41) is 55.3. The number of aliphatic hydroxyl groups is 5. The van der Waals surface area contributed by atoms with E-state index in [0.717, 1.165) is 25.7 Å². The summed E-state index contributed by atoms with van der Waals surface area (Å²) < 4.78 is 0. The van der Waals surface area contributed by atoms with Crippen LogP contribution < -0.4 is 0 Å². The monoisotopic (exact) mass is 450 g/mol. The molecule has 4 rings (SSSR count). The number of allylic oxidation sites excluding steroid dienone is 1. The molecule has 0 aliphatic heterocycles. The van der Waals surface area contributed by atoms with Gasteiger partial charge in [0.25, 0.3) is 0 Å². The molecule has 0 unspecified atom stereocenters. The third-order valence-electron chi connectivity index (χ3n) is 10.7. The summed E-state index contributed by atoms with van der Waals surface area (Å²) in [5.41, 5.74) is -1.51. The van der Waals surface area contributed by atoms with Crippen LogP contribution in [0.1, 0.15) is 79.6 Å². The third kappa shape index (κ3) is 3.62. The van der Waals surface area contributed by atoms with E-state index in [0.29, 0.717) is 19.3 Å². The van der Waals surface area contributed by atoms with Gasteiger partial charge in [-0.3, -0.25) is 0 Å². The van der Waals surface area contributed by atoms with Gasteiger partial charge in [-0.2, -0.15) is 0 Å². The van der Waals surface area contributed by atoms with Crippen molar-refractivity contribution in [3.63, 3.8) is 0 Å². The Labute approximate surface area is 193 Å². The highest BCUT2D eigenvalue weighted by molar-refractivity contribution is 5.20. The zero-order valence-corrected chi connectivity index (χ0v) is 20.6. The molecule has 5 heteroatoms. The number of fused-ring (bicyclic) bond motifs is 5. The minimum Gasteiger partial charge on any atom is -0.393 e. The molecule has 4 saturated carbocycles. The minimum absolute atomic E-state index is 0.00889. The Balaban J connectivity index is 1.64. The van der Waals surface area contributed by atoms with E-state index < -0.39 is 23.9 Å². The van der Waals surface area contributed by atoms with Crippen molar-refractivity contribution in [3.05, 3.63) is 12.2 Å². The maximum absolute atomic E-state index is 12.3. The normalized spacial score (nSPS) is 53.0. The molecule has 12 atom stereocenters. The highest BCUT2D eigenvalue weighted by atomic mass is 16.3. The highest BCUT2D eigenvalue weighted by Crippen LogP contribution is 2.69. The molecule has 184 valence electrons. The SMILES string of the molecule is CC(C)[C@@H](O)/C=C/[C@@H](C)[C@H]1C[C@@H](O)[C@@H]2[C@]1(C)CC[C@@H]1[C@@]3(C)CC[C@H](O)C[C@@H]3[C@@H](O)C[C@]12O. The van der Waals surface area contributed by atoms with Crippen LogP contribution in [0.4, 0.5) is 0 Å². The first-order valence-electron chi connectivity index (χ1n) is 13.0. The van der Waals surface area contributed by atoms with Gasteiger partial charge in [0.05, 0.1) is 30.0 Å². The van der Waals surface area contributed by atoms with Gasteiger partial charge >= 0.3 is 0 Å². The molecule has 0 saturated heterocycles. The van der Waals surface area contributed by atoms with Gasteiger partial charge in [-0.05, 0) is 78.9 Å². The lowest BCUT2D eigenvalue weighted by atomic mass is 9.42. The first-order chi connectivity index (χ1) is 14.8. The van der Waals surface area contributed by atoms with Crippen molar-refractivity contribution in [2.75, 3.05) is 0 Å². The van der Waals surface area contributed by atoms with Crippen molar-refractivity contribution in [1.82, 2.24) is 0 Å². The average Bonchev–Trinajstić information content (AvgIpc) is 2.98. The first kappa shape index (κ1) is 24.7. The van der Waals surface area contributed by atoms with Crippen LogP contribution in [0.15, 0.2) is 12.2 Å². The summed E-state index contributed by atoms with van der Waals surface area (Å²) in [7, 11) is 0. The topological polar surface area (TPSA) is 101 Å². The second kappa shape index (κ2) is 8.34. The van der Waals surface area contributed by atoms with Crippen LogP contribution in [0, 0.1) is 46.3 Å². The minimum atomic E-state index is -1.09. The predicted octanol–water partition coefficient (Wildman–Crippen LogP) is 3.27. The van der Waals surface area contributed by atoms with Crippen molar-refractivity contribution in [3.8, 4) is 0 Å². The number of hydrogen-bond acceptors (Lipinski definition) is 5. The Hall–Kier alpha value is -0.460. The summed E-state index contributed by atoms with van der Waals surface area (Å²) in [4.78, 5) is 0. The average molecular weight is 451 g/mol. The van der Waals surface area contributed by atoms with E-state index >= 15 is 0 Å². The third-order valence-corrected chi connectivity index (χ3v) is 10.7. The molecule has 5 N–H and O–H groups in total. The molecule has 0 bridgehead atoms. The van der Waals surface area contributed by atoms with Crippen molar-refractivity contribution in [2.24, 2.45) is 46.3 Å². The molecule has 0 aromatic rings. The fourth-order valence-electron chi connectivity index (χ4n) is 8.98. The second-order valence-electron chi connectivity index (χ2n) is 12.8. The molecule has 0 aromatic carbocycles. The van der Waals surface area contributed by atoms with Gasteiger partial charge in [0, 0.05) is 12.3 Å². The van der Waals surface area contributed by atoms with Gasteiger partial charge in [0.2, 0.25) is 0 Å². The lowest BCUT2D eigenvalue weighted by molar-refractivity contribution is -0.263. The van der Waals surface area contributed by atoms with Crippen LogP contribution in [0.25, 0.3) is 0 Å². The summed E-state index contributed by atoms with van der Waals surface area (Å²) in [6.45, 7) is 10.6. The lowest BCUT2D eigenvalue weighted by Gasteiger charge is -2.66. The van der Waals surface area contributed by atoms with Crippen molar-refractivity contribution in [1.29, 1.82) is 0 Å². The molecular weight excluding hydrogens is 404 g/mol. The van der Waals surface area contributed by atoms with Gasteiger partial charge in [0.15, 0.2) is 0 Å². The van der Waals surface area contributed by atoms with E-state index in [1.54, 1.807) is 0 Å². The standard InChI is InChI=1S/C27H46O5/c1-15(2)20(29)7-6-16(3)18-13-21(30)24-26(18,5)11-9-23-25(4)10-8-17(28)12-19(25)22(31)14-27(23,24)32/h6-7,15-24,28-32H,8-14H2,1-5H3/b7-6+/t16-,17+,18-,19-,20+,21-,22+,23-,24-,25+,26-,27+/m1/s1. The molecule has 0 radical (unpaired) electrons. The van der Waals surface area contributed by atoms with Gasteiger partial charge < -0.3 is 25.5 Å². The van der Waals surface area contributed by atoms with Gasteiger partial charge in [-0.25, -0.2) is 0 Å². The Morgan fingerprint density at radius 1 is 0.875 bits per heavy atom. The van der Waals surface area contributed by atoms with E-state index in [1.165, 1.54) is 0 Å². The van der Waals surface area contributed by atoms with Crippen LogP contribution in [0.3, 0.4) is 0 Å². The van der Waals surface area contributed by atoms with Crippen LogP contribution in [-0.2, 0) is 0 Å². The van der Waals surface area contributed by atoms with Crippen LogP contribution in [-0.4, -0.2) is 55.5 Å². The second-order valence-corrected chi connectivity index (χ2v) is 12.8. The molecule has 5 nitrogen and oxygen atoms in total. The summed E-state index contributed by atoms with van der Waals surface area (Å²) in [5.74, 6) is 0.363. The fraction of sp³-hybridized carbons (Fsp3) is 0.926. The Bertz CT molecular complexity index is 723. The predicted molar refractivity (Wildman–Crippen MR) is 125 cm³/mol. The van der Waals surface area contributed by atoms with E-state index in [4.69, 9.17) is 0 Å². The summed E-state index contributed by atoms with van der Waals surface area (Å²) >= 11 is 0. The molecule has 4 aliphatic carbocycles. The zero-order chi connectivity index (χ0) is 23.6. The number of aliphatic hydroxyl groups excluding tert-OH is 4. The number of hydrogen-bond donors (Lipinski definition) is 5. The van der Waals surface area contributed by atoms with Gasteiger partial charge in [-0.15, -0.1) is 0 Å². The Kier molecular flexibility index (Phi) is 6.42.